The summed E-state index contributed by atoms with van der Waals surface area (Å²) in [5.41, 5.74) is 3.40. The van der Waals surface area contributed by atoms with Crippen LogP contribution in [0.15, 0.2) is 61.2 Å². The highest BCUT2D eigenvalue weighted by Gasteiger charge is 2.11. The van der Waals surface area contributed by atoms with Gasteiger partial charge in [-0.25, -0.2) is 9.78 Å². The smallest absolute Gasteiger partial charge is 0.337 e. The summed E-state index contributed by atoms with van der Waals surface area (Å²) in [5.74, 6) is 0.244. The third-order valence-corrected chi connectivity index (χ3v) is 3.60. The first-order chi connectivity index (χ1) is 11.2. The van der Waals surface area contributed by atoms with Crippen LogP contribution in [0, 0.1) is 0 Å². The molecule has 0 unspecified atom stereocenters. The van der Waals surface area contributed by atoms with Gasteiger partial charge >= 0.3 is 5.97 Å². The van der Waals surface area contributed by atoms with E-state index >= 15 is 0 Å². The van der Waals surface area contributed by atoms with Gasteiger partial charge in [-0.15, -0.1) is 0 Å². The molecule has 116 valence electrons. The van der Waals surface area contributed by atoms with Gasteiger partial charge in [-0.3, -0.25) is 0 Å². The van der Waals surface area contributed by atoms with Crippen LogP contribution in [0.1, 0.15) is 10.4 Å². The lowest BCUT2D eigenvalue weighted by Gasteiger charge is -2.11. The topological polar surface area (TPSA) is 53.4 Å². The molecule has 0 atom stereocenters. The second-order valence-electron chi connectivity index (χ2n) is 4.92. The molecule has 23 heavy (non-hydrogen) atoms. The molecule has 1 heterocycles. The van der Waals surface area contributed by atoms with E-state index in [9.17, 15) is 4.79 Å². The molecule has 1 aromatic heterocycles. The van der Waals surface area contributed by atoms with E-state index in [1.807, 2.05) is 41.1 Å². The summed E-state index contributed by atoms with van der Waals surface area (Å²) in [6, 6.07) is 13.3. The molecule has 0 bridgehead atoms. The third kappa shape index (κ3) is 2.94. The second-order valence-corrected chi connectivity index (χ2v) is 4.92. The van der Waals surface area contributed by atoms with Crippen molar-refractivity contribution in [3.8, 4) is 22.6 Å². The van der Waals surface area contributed by atoms with Gasteiger partial charge in [0, 0.05) is 23.6 Å². The molecule has 5 nitrogen and oxygen atoms in total. The number of carbonyl (C=O) groups is 1. The summed E-state index contributed by atoms with van der Waals surface area (Å²) in [6.07, 6.45) is 5.38. The molecule has 0 aliphatic rings. The number of esters is 1. The summed E-state index contributed by atoms with van der Waals surface area (Å²) in [4.78, 5) is 15.7. The van der Waals surface area contributed by atoms with Crippen LogP contribution in [0.25, 0.3) is 16.8 Å². The minimum Gasteiger partial charge on any atom is -0.496 e. The Bertz CT molecular complexity index is 809. The van der Waals surface area contributed by atoms with Gasteiger partial charge in [-0.05, 0) is 35.9 Å². The molecule has 0 spiro atoms. The Morgan fingerprint density at radius 1 is 1.09 bits per heavy atom. The zero-order valence-corrected chi connectivity index (χ0v) is 12.9. The minimum absolute atomic E-state index is 0.384. The number of ether oxygens (including phenoxy) is 2. The van der Waals surface area contributed by atoms with Crippen LogP contribution in [0.2, 0.25) is 0 Å². The van der Waals surface area contributed by atoms with Crippen LogP contribution in [-0.4, -0.2) is 29.7 Å². The Labute approximate surface area is 134 Å². The number of nitrogens with zero attached hydrogens (tertiary/aromatic N) is 2. The maximum absolute atomic E-state index is 11.6. The lowest BCUT2D eigenvalue weighted by atomic mass is 10.0. The van der Waals surface area contributed by atoms with Gasteiger partial charge in [0.1, 0.15) is 5.75 Å². The lowest BCUT2D eigenvalue weighted by molar-refractivity contribution is 0.0600. The fraction of sp³-hybridized carbons (Fsp3) is 0.111. The van der Waals surface area contributed by atoms with Crippen molar-refractivity contribution in [1.82, 2.24) is 9.55 Å². The molecule has 3 aromatic rings. The molecule has 3 rings (SSSR count). The Morgan fingerprint density at radius 2 is 1.87 bits per heavy atom. The molecule has 5 heteroatoms. The molecule has 0 fully saturated rings. The standard InChI is InChI=1S/C18H16N2O3/c1-22-17-11-14(18(21)23-2)5-8-16(17)13-3-6-15(7-4-13)20-10-9-19-12-20/h3-12H,1-2H3. The minimum atomic E-state index is -0.384. The predicted molar refractivity (Wildman–Crippen MR) is 86.9 cm³/mol. The van der Waals surface area contributed by atoms with Gasteiger partial charge in [-0.1, -0.05) is 12.1 Å². The zero-order valence-electron chi connectivity index (χ0n) is 12.9. The van der Waals surface area contributed by atoms with Crippen LogP contribution >= 0.6 is 0 Å². The number of imidazole rings is 1. The zero-order chi connectivity index (χ0) is 16.2. The van der Waals surface area contributed by atoms with Gasteiger partial charge in [0.25, 0.3) is 0 Å². The van der Waals surface area contributed by atoms with Gasteiger partial charge in [0.05, 0.1) is 26.1 Å². The van der Waals surface area contributed by atoms with Crippen molar-refractivity contribution in [2.24, 2.45) is 0 Å². The fourth-order valence-corrected chi connectivity index (χ4v) is 2.40. The number of benzene rings is 2. The van der Waals surface area contributed by atoms with E-state index in [2.05, 4.69) is 4.98 Å². The molecule has 0 N–H and O–H groups in total. The second kappa shape index (κ2) is 6.36. The molecule has 0 saturated heterocycles. The first kappa shape index (κ1) is 14.8. The van der Waals surface area contributed by atoms with E-state index in [-0.39, 0.29) is 5.97 Å². The van der Waals surface area contributed by atoms with Crippen LogP contribution in [0.5, 0.6) is 5.75 Å². The van der Waals surface area contributed by atoms with E-state index < -0.39 is 0 Å². The lowest BCUT2D eigenvalue weighted by Crippen LogP contribution is -2.02. The van der Waals surface area contributed by atoms with E-state index in [0.29, 0.717) is 11.3 Å². The maximum Gasteiger partial charge on any atom is 0.337 e. The van der Waals surface area contributed by atoms with Crippen molar-refractivity contribution in [2.75, 3.05) is 14.2 Å². The molecular weight excluding hydrogens is 292 g/mol. The van der Waals surface area contributed by atoms with E-state index in [1.54, 1.807) is 31.8 Å². The van der Waals surface area contributed by atoms with E-state index in [1.165, 1.54) is 7.11 Å². The largest absolute Gasteiger partial charge is 0.496 e. The summed E-state index contributed by atoms with van der Waals surface area (Å²) in [6.45, 7) is 0. The fourth-order valence-electron chi connectivity index (χ4n) is 2.40. The Morgan fingerprint density at radius 3 is 2.48 bits per heavy atom. The Balaban J connectivity index is 1.96. The Kier molecular flexibility index (Phi) is 4.10. The number of carbonyl (C=O) groups excluding carboxylic acids is 1. The first-order valence-electron chi connectivity index (χ1n) is 7.08. The maximum atomic E-state index is 11.6. The van der Waals surface area contributed by atoms with Gasteiger partial charge in [-0.2, -0.15) is 0 Å². The van der Waals surface area contributed by atoms with Crippen LogP contribution in [-0.2, 0) is 4.74 Å². The predicted octanol–water partition coefficient (Wildman–Crippen LogP) is 3.33. The van der Waals surface area contributed by atoms with E-state index in [4.69, 9.17) is 9.47 Å². The molecule has 0 radical (unpaired) electrons. The number of hydrogen-bond acceptors (Lipinski definition) is 4. The molecule has 0 aliphatic heterocycles. The highest BCUT2D eigenvalue weighted by Crippen LogP contribution is 2.31. The number of methoxy groups -OCH3 is 2. The number of aromatic nitrogens is 2. The number of hydrogen-bond donors (Lipinski definition) is 0. The Hall–Kier alpha value is -3.08. The first-order valence-corrected chi connectivity index (χ1v) is 7.08. The molecular formula is C18H16N2O3. The van der Waals surface area contributed by atoms with Gasteiger partial charge < -0.3 is 14.0 Å². The highest BCUT2D eigenvalue weighted by molar-refractivity contribution is 5.91. The van der Waals surface area contributed by atoms with Crippen molar-refractivity contribution in [1.29, 1.82) is 0 Å². The average Bonchev–Trinajstić information content (AvgIpc) is 3.15. The summed E-state index contributed by atoms with van der Waals surface area (Å²) < 4.78 is 12.1. The molecule has 0 aliphatic carbocycles. The van der Waals surface area contributed by atoms with Crippen molar-refractivity contribution in [3.05, 3.63) is 66.7 Å². The normalized spacial score (nSPS) is 10.3. The molecule has 0 amide bonds. The SMILES string of the molecule is COC(=O)c1ccc(-c2ccc(-n3ccnc3)cc2)c(OC)c1. The summed E-state index contributed by atoms with van der Waals surface area (Å²) in [7, 11) is 2.94. The average molecular weight is 308 g/mol. The van der Waals surface area contributed by atoms with Crippen molar-refractivity contribution >= 4 is 5.97 Å². The highest BCUT2D eigenvalue weighted by atomic mass is 16.5. The van der Waals surface area contributed by atoms with Crippen LogP contribution in [0.4, 0.5) is 0 Å². The van der Waals surface area contributed by atoms with E-state index in [0.717, 1.165) is 16.8 Å². The molecule has 2 aromatic carbocycles. The summed E-state index contributed by atoms with van der Waals surface area (Å²) in [5, 5.41) is 0. The van der Waals surface area contributed by atoms with Crippen molar-refractivity contribution in [3.63, 3.8) is 0 Å². The van der Waals surface area contributed by atoms with Gasteiger partial charge in [0.2, 0.25) is 0 Å². The van der Waals surface area contributed by atoms with Crippen molar-refractivity contribution in [2.45, 2.75) is 0 Å². The third-order valence-electron chi connectivity index (χ3n) is 3.60. The molecule has 0 saturated carbocycles. The van der Waals surface area contributed by atoms with Crippen molar-refractivity contribution < 1.29 is 14.3 Å². The monoisotopic (exact) mass is 308 g/mol. The summed E-state index contributed by atoms with van der Waals surface area (Å²) >= 11 is 0. The number of rotatable bonds is 4. The van der Waals surface area contributed by atoms with Gasteiger partial charge in [0.15, 0.2) is 0 Å². The van der Waals surface area contributed by atoms with Crippen LogP contribution < -0.4 is 4.74 Å². The van der Waals surface area contributed by atoms with Crippen LogP contribution in [0.3, 0.4) is 0 Å². The quantitative estimate of drug-likeness (QED) is 0.694.